The van der Waals surface area contributed by atoms with E-state index in [2.05, 4.69) is 15.2 Å². The smallest absolute Gasteiger partial charge is 0.172 e. The average molecular weight is 345 g/mol. The minimum absolute atomic E-state index is 0.271. The van der Waals surface area contributed by atoms with Gasteiger partial charge in [0.05, 0.1) is 13.2 Å². The van der Waals surface area contributed by atoms with Crippen molar-refractivity contribution in [2.45, 2.75) is 12.6 Å². The lowest BCUT2D eigenvalue weighted by atomic mass is 10.1. The number of hydrogen-bond donors (Lipinski definition) is 2. The summed E-state index contributed by atoms with van der Waals surface area (Å²) < 4.78 is 10.8. The molecule has 7 heteroatoms. The molecular formula is C17H17ClN4O2. The van der Waals surface area contributed by atoms with E-state index in [0.29, 0.717) is 16.7 Å². The van der Waals surface area contributed by atoms with Gasteiger partial charge in [0.25, 0.3) is 0 Å². The first-order chi connectivity index (χ1) is 11.7. The van der Waals surface area contributed by atoms with Crippen LogP contribution in [0.5, 0.6) is 11.5 Å². The lowest BCUT2D eigenvalue weighted by Gasteiger charge is -2.07. The minimum Gasteiger partial charge on any atom is -0.497 e. The van der Waals surface area contributed by atoms with E-state index in [1.54, 1.807) is 19.2 Å². The van der Waals surface area contributed by atoms with Crippen molar-refractivity contribution >= 4 is 11.6 Å². The van der Waals surface area contributed by atoms with Crippen LogP contribution in [0.1, 0.15) is 23.3 Å². The van der Waals surface area contributed by atoms with E-state index in [0.717, 1.165) is 17.1 Å². The molecule has 0 saturated heterocycles. The predicted molar refractivity (Wildman–Crippen MR) is 91.2 cm³/mol. The van der Waals surface area contributed by atoms with Gasteiger partial charge in [-0.2, -0.15) is 5.10 Å². The molecule has 1 atom stereocenters. The summed E-state index contributed by atoms with van der Waals surface area (Å²) in [6.07, 6.45) is 0. The maximum atomic E-state index is 6.18. The Hall–Kier alpha value is -2.57. The molecule has 0 spiro atoms. The zero-order valence-electron chi connectivity index (χ0n) is 13.1. The van der Waals surface area contributed by atoms with Crippen molar-refractivity contribution in [2.24, 2.45) is 5.73 Å². The van der Waals surface area contributed by atoms with Crippen molar-refractivity contribution < 1.29 is 9.47 Å². The average Bonchev–Trinajstić information content (AvgIpc) is 3.09. The summed E-state index contributed by atoms with van der Waals surface area (Å²) in [6, 6.07) is 14.2. The molecule has 124 valence electrons. The van der Waals surface area contributed by atoms with Gasteiger partial charge in [-0.15, -0.1) is 0 Å². The Balaban J connectivity index is 1.63. The molecule has 0 unspecified atom stereocenters. The molecule has 1 heterocycles. The molecule has 0 amide bonds. The Bertz CT molecular complexity index is 787. The highest BCUT2D eigenvalue weighted by Crippen LogP contribution is 2.20. The fourth-order valence-electron chi connectivity index (χ4n) is 2.16. The lowest BCUT2D eigenvalue weighted by Crippen LogP contribution is -2.13. The molecule has 6 nitrogen and oxygen atoms in total. The van der Waals surface area contributed by atoms with E-state index in [-0.39, 0.29) is 6.61 Å². The summed E-state index contributed by atoms with van der Waals surface area (Å²) in [5, 5.41) is 7.67. The number of aromatic amines is 1. The molecule has 3 rings (SSSR count). The van der Waals surface area contributed by atoms with Crippen molar-refractivity contribution in [1.82, 2.24) is 15.2 Å². The van der Waals surface area contributed by atoms with Crippen LogP contribution < -0.4 is 15.2 Å². The van der Waals surface area contributed by atoms with Crippen LogP contribution in [0, 0.1) is 0 Å². The van der Waals surface area contributed by atoms with E-state index in [1.807, 2.05) is 36.4 Å². The highest BCUT2D eigenvalue weighted by molar-refractivity contribution is 6.30. The molecule has 0 fully saturated rings. The molecule has 3 N–H and O–H groups in total. The van der Waals surface area contributed by atoms with E-state index < -0.39 is 6.04 Å². The maximum Gasteiger partial charge on any atom is 0.172 e. The van der Waals surface area contributed by atoms with Crippen molar-refractivity contribution in [2.75, 3.05) is 7.11 Å². The van der Waals surface area contributed by atoms with Gasteiger partial charge in [0.1, 0.15) is 18.1 Å². The minimum atomic E-state index is -0.423. The van der Waals surface area contributed by atoms with Crippen LogP contribution in [0.15, 0.2) is 48.5 Å². The second-order valence-corrected chi connectivity index (χ2v) is 5.57. The van der Waals surface area contributed by atoms with Crippen molar-refractivity contribution in [3.05, 3.63) is 70.8 Å². The number of H-pyrrole nitrogens is 1. The highest BCUT2D eigenvalue weighted by atomic mass is 35.5. The third-order valence-electron chi connectivity index (χ3n) is 3.49. The third-order valence-corrected chi connectivity index (χ3v) is 3.74. The molecule has 2 aromatic carbocycles. The first-order valence-electron chi connectivity index (χ1n) is 7.35. The standard InChI is InChI=1S/C17H17ClN4O2/c1-23-13-6-8-14(9-7-13)24-10-15-20-17(22-21-15)16(19)11-2-4-12(18)5-3-11/h2-9,16H,10,19H2,1H3,(H,20,21,22)/t16-/m0/s1. The van der Waals surface area contributed by atoms with Crippen molar-refractivity contribution in [3.63, 3.8) is 0 Å². The number of rotatable bonds is 6. The van der Waals surface area contributed by atoms with Crippen LogP contribution in [-0.2, 0) is 6.61 Å². The number of halogens is 1. The summed E-state index contributed by atoms with van der Waals surface area (Å²) in [5.41, 5.74) is 7.07. The van der Waals surface area contributed by atoms with Gasteiger partial charge in [-0.1, -0.05) is 23.7 Å². The van der Waals surface area contributed by atoms with Gasteiger partial charge >= 0.3 is 0 Å². The van der Waals surface area contributed by atoms with Crippen LogP contribution in [-0.4, -0.2) is 22.3 Å². The summed E-state index contributed by atoms with van der Waals surface area (Å²) in [6.45, 7) is 0.271. The number of nitrogens with one attached hydrogen (secondary N) is 1. The van der Waals surface area contributed by atoms with Gasteiger partial charge < -0.3 is 15.2 Å². The van der Waals surface area contributed by atoms with Crippen molar-refractivity contribution in [1.29, 1.82) is 0 Å². The molecule has 0 aliphatic heterocycles. The molecule has 1 aromatic heterocycles. The number of aromatic nitrogens is 3. The first-order valence-corrected chi connectivity index (χ1v) is 7.72. The Labute approximate surface area is 144 Å². The third kappa shape index (κ3) is 3.84. The number of nitrogens with two attached hydrogens (primary N) is 1. The summed E-state index contributed by atoms with van der Waals surface area (Å²) >= 11 is 5.88. The van der Waals surface area contributed by atoms with Gasteiger partial charge in [-0.25, -0.2) is 4.98 Å². The van der Waals surface area contributed by atoms with Crippen LogP contribution in [0.2, 0.25) is 5.02 Å². The van der Waals surface area contributed by atoms with Crippen LogP contribution in [0.3, 0.4) is 0 Å². The zero-order chi connectivity index (χ0) is 16.9. The topological polar surface area (TPSA) is 86.1 Å². The Morgan fingerprint density at radius 2 is 1.75 bits per heavy atom. The van der Waals surface area contributed by atoms with Crippen LogP contribution in [0.25, 0.3) is 0 Å². The predicted octanol–water partition coefficient (Wildman–Crippen LogP) is 3.09. The monoisotopic (exact) mass is 344 g/mol. The largest absolute Gasteiger partial charge is 0.497 e. The quantitative estimate of drug-likeness (QED) is 0.717. The van der Waals surface area contributed by atoms with E-state index in [1.165, 1.54) is 0 Å². The zero-order valence-corrected chi connectivity index (χ0v) is 13.8. The second-order valence-electron chi connectivity index (χ2n) is 5.13. The Morgan fingerprint density at radius 1 is 1.08 bits per heavy atom. The van der Waals surface area contributed by atoms with Gasteiger partial charge in [0.2, 0.25) is 0 Å². The molecule has 0 aliphatic carbocycles. The van der Waals surface area contributed by atoms with E-state index in [4.69, 9.17) is 26.8 Å². The number of methoxy groups -OCH3 is 1. The Morgan fingerprint density at radius 3 is 2.42 bits per heavy atom. The van der Waals surface area contributed by atoms with Gasteiger partial charge in [-0.05, 0) is 42.0 Å². The lowest BCUT2D eigenvalue weighted by molar-refractivity contribution is 0.295. The van der Waals surface area contributed by atoms with Crippen LogP contribution >= 0.6 is 11.6 Å². The first kappa shape index (κ1) is 16.3. The number of benzene rings is 2. The van der Waals surface area contributed by atoms with Gasteiger partial charge in [-0.3, -0.25) is 5.10 Å². The molecule has 0 radical (unpaired) electrons. The summed E-state index contributed by atoms with van der Waals surface area (Å²) in [4.78, 5) is 4.38. The van der Waals surface area contributed by atoms with Gasteiger partial charge in [0, 0.05) is 5.02 Å². The molecule has 0 bridgehead atoms. The normalized spacial score (nSPS) is 12.0. The molecule has 3 aromatic rings. The van der Waals surface area contributed by atoms with E-state index >= 15 is 0 Å². The van der Waals surface area contributed by atoms with E-state index in [9.17, 15) is 0 Å². The summed E-state index contributed by atoms with van der Waals surface area (Å²) in [5.74, 6) is 2.60. The molecule has 0 saturated carbocycles. The number of nitrogens with zero attached hydrogens (tertiary/aromatic N) is 2. The number of ether oxygens (including phenoxy) is 2. The SMILES string of the molecule is COc1ccc(OCc2nc([C@@H](N)c3ccc(Cl)cc3)n[nH]2)cc1. The fourth-order valence-corrected chi connectivity index (χ4v) is 2.28. The molecule has 24 heavy (non-hydrogen) atoms. The van der Waals surface area contributed by atoms with Gasteiger partial charge in [0.15, 0.2) is 11.6 Å². The van der Waals surface area contributed by atoms with Crippen molar-refractivity contribution in [3.8, 4) is 11.5 Å². The molecule has 0 aliphatic rings. The van der Waals surface area contributed by atoms with Crippen LogP contribution in [0.4, 0.5) is 0 Å². The summed E-state index contributed by atoms with van der Waals surface area (Å²) in [7, 11) is 1.62. The maximum absolute atomic E-state index is 6.18. The fraction of sp³-hybridized carbons (Fsp3) is 0.176. The second kappa shape index (κ2) is 7.33. The molecular weight excluding hydrogens is 328 g/mol. The Kier molecular flexibility index (Phi) is 4.98. The highest BCUT2D eigenvalue weighted by Gasteiger charge is 2.14. The number of hydrogen-bond acceptors (Lipinski definition) is 5.